The van der Waals surface area contributed by atoms with Crippen molar-refractivity contribution < 1.29 is 0 Å². The second-order valence-electron chi connectivity index (χ2n) is 7.23. The lowest BCUT2D eigenvalue weighted by Gasteiger charge is -2.13. The molecule has 0 spiro atoms. The fourth-order valence-electron chi connectivity index (χ4n) is 4.38. The molecule has 1 nitrogen and oxygen atoms in total. The highest BCUT2D eigenvalue weighted by Crippen LogP contribution is 2.39. The summed E-state index contributed by atoms with van der Waals surface area (Å²) >= 11 is 0. The number of hydrogen-bond acceptors (Lipinski definition) is 1. The molecule has 1 N–H and O–H groups in total. The minimum Gasteiger partial charge on any atom is -0.317 e. The minimum atomic E-state index is 1.25. The van der Waals surface area contributed by atoms with Gasteiger partial charge >= 0.3 is 0 Å². The summed E-state index contributed by atoms with van der Waals surface area (Å²) in [6.45, 7) is 2.50. The molecule has 0 saturated carbocycles. The van der Waals surface area contributed by atoms with Crippen molar-refractivity contribution in [2.75, 3.05) is 13.1 Å². The Balaban J connectivity index is 0.000000215. The van der Waals surface area contributed by atoms with E-state index in [1.165, 1.54) is 75.4 Å². The highest BCUT2D eigenvalue weighted by atomic mass is 14.9. The molecular formula is C25H23N. The van der Waals surface area contributed by atoms with E-state index >= 15 is 0 Å². The molecule has 0 aromatic heterocycles. The van der Waals surface area contributed by atoms with Crippen LogP contribution in [-0.4, -0.2) is 13.1 Å². The van der Waals surface area contributed by atoms with Gasteiger partial charge < -0.3 is 5.32 Å². The number of hydrogen-bond donors (Lipinski definition) is 1. The van der Waals surface area contributed by atoms with Crippen LogP contribution in [0.4, 0.5) is 0 Å². The molecule has 0 aliphatic carbocycles. The smallest absolute Gasteiger partial charge is 0.00264 e. The molecular weight excluding hydrogens is 314 g/mol. The minimum absolute atomic E-state index is 1.25. The molecule has 1 saturated heterocycles. The molecule has 1 fully saturated rings. The first-order valence-electron chi connectivity index (χ1n) is 9.68. The number of piperidine rings is 1. The van der Waals surface area contributed by atoms with Gasteiger partial charge in [0.15, 0.2) is 0 Å². The Bertz CT molecular complexity index is 1000. The number of nitrogens with one attached hydrogen (secondary N) is 1. The van der Waals surface area contributed by atoms with Gasteiger partial charge in [-0.1, -0.05) is 79.2 Å². The van der Waals surface area contributed by atoms with E-state index in [-0.39, 0.29) is 0 Å². The average Bonchev–Trinajstić information content (AvgIpc) is 2.73. The third kappa shape index (κ3) is 2.51. The van der Waals surface area contributed by atoms with Crippen molar-refractivity contribution in [3.05, 3.63) is 72.8 Å². The molecule has 128 valence electrons. The zero-order valence-corrected chi connectivity index (χ0v) is 15.0. The van der Waals surface area contributed by atoms with E-state index in [4.69, 9.17) is 0 Å². The molecule has 1 aliphatic heterocycles. The Morgan fingerprint density at radius 2 is 0.846 bits per heavy atom. The molecule has 6 rings (SSSR count). The summed E-state index contributed by atoms with van der Waals surface area (Å²) in [7, 11) is 0. The Hall–Kier alpha value is -2.64. The summed E-state index contributed by atoms with van der Waals surface area (Å²) in [5, 5.41) is 14.2. The maximum absolute atomic E-state index is 3.28. The van der Waals surface area contributed by atoms with Crippen molar-refractivity contribution in [1.82, 2.24) is 5.32 Å². The number of benzene rings is 5. The Morgan fingerprint density at radius 1 is 0.462 bits per heavy atom. The van der Waals surface area contributed by atoms with Crippen molar-refractivity contribution >= 4 is 43.1 Å². The molecule has 1 heteroatoms. The molecule has 0 unspecified atom stereocenters. The molecule has 5 aromatic carbocycles. The van der Waals surface area contributed by atoms with Gasteiger partial charge in [0.05, 0.1) is 0 Å². The average molecular weight is 337 g/mol. The van der Waals surface area contributed by atoms with Crippen LogP contribution in [0.1, 0.15) is 19.3 Å². The highest BCUT2D eigenvalue weighted by Gasteiger charge is 2.11. The SMILES string of the molecule is C1CCNCC1.c1cc2cccc3c4cccc5cccc(c(c1)c23)c54. The van der Waals surface area contributed by atoms with E-state index in [2.05, 4.69) is 78.1 Å². The van der Waals surface area contributed by atoms with Gasteiger partial charge in [-0.05, 0) is 69.0 Å². The number of fused-ring (bicyclic) bond motifs is 2. The normalized spacial score (nSPS) is 14.8. The second kappa shape index (κ2) is 6.59. The lowest BCUT2D eigenvalue weighted by molar-refractivity contribution is 0.520. The maximum atomic E-state index is 3.28. The third-order valence-electron chi connectivity index (χ3n) is 5.60. The van der Waals surface area contributed by atoms with Crippen molar-refractivity contribution in [2.45, 2.75) is 19.3 Å². The monoisotopic (exact) mass is 337 g/mol. The molecule has 0 radical (unpaired) electrons. The van der Waals surface area contributed by atoms with Gasteiger partial charge in [-0.3, -0.25) is 0 Å². The van der Waals surface area contributed by atoms with Crippen LogP contribution in [0.5, 0.6) is 0 Å². The predicted octanol–water partition coefficient (Wildman–Crippen LogP) is 6.50. The van der Waals surface area contributed by atoms with Gasteiger partial charge in [-0.25, -0.2) is 0 Å². The summed E-state index contributed by atoms with van der Waals surface area (Å²) in [5.41, 5.74) is 0. The van der Waals surface area contributed by atoms with Crippen LogP contribution in [0, 0.1) is 0 Å². The molecule has 5 aromatic rings. The first-order chi connectivity index (χ1) is 12.9. The molecule has 0 atom stereocenters. The topological polar surface area (TPSA) is 12.0 Å². The van der Waals surface area contributed by atoms with E-state index < -0.39 is 0 Å². The quantitative estimate of drug-likeness (QED) is 0.251. The van der Waals surface area contributed by atoms with Crippen LogP contribution >= 0.6 is 0 Å². The molecule has 1 heterocycles. The summed E-state index contributed by atoms with van der Waals surface area (Å²) in [4.78, 5) is 0. The largest absolute Gasteiger partial charge is 0.317 e. The van der Waals surface area contributed by atoms with Crippen LogP contribution in [0.2, 0.25) is 0 Å². The van der Waals surface area contributed by atoms with Gasteiger partial charge in [0.1, 0.15) is 0 Å². The van der Waals surface area contributed by atoms with E-state index in [9.17, 15) is 0 Å². The van der Waals surface area contributed by atoms with E-state index in [0.29, 0.717) is 0 Å². The van der Waals surface area contributed by atoms with E-state index in [1.54, 1.807) is 0 Å². The molecule has 0 amide bonds. The summed E-state index contributed by atoms with van der Waals surface area (Å²) in [6, 6.07) is 26.4. The summed E-state index contributed by atoms with van der Waals surface area (Å²) < 4.78 is 0. The van der Waals surface area contributed by atoms with E-state index in [1.807, 2.05) is 0 Å². The van der Waals surface area contributed by atoms with Crippen LogP contribution in [0.25, 0.3) is 43.1 Å². The Kier molecular flexibility index (Phi) is 3.95. The van der Waals surface area contributed by atoms with Gasteiger partial charge in [0, 0.05) is 0 Å². The van der Waals surface area contributed by atoms with E-state index in [0.717, 1.165) is 0 Å². The molecule has 26 heavy (non-hydrogen) atoms. The van der Waals surface area contributed by atoms with Gasteiger partial charge in [0.25, 0.3) is 0 Å². The maximum Gasteiger partial charge on any atom is -0.00264 e. The molecule has 0 bridgehead atoms. The lowest BCUT2D eigenvalue weighted by Crippen LogP contribution is -2.21. The molecule has 1 aliphatic rings. The van der Waals surface area contributed by atoms with Crippen LogP contribution in [0.3, 0.4) is 0 Å². The van der Waals surface area contributed by atoms with Crippen molar-refractivity contribution in [3.63, 3.8) is 0 Å². The predicted molar refractivity (Wildman–Crippen MR) is 114 cm³/mol. The van der Waals surface area contributed by atoms with Crippen molar-refractivity contribution in [1.29, 1.82) is 0 Å². The zero-order valence-electron chi connectivity index (χ0n) is 15.0. The second-order valence-corrected chi connectivity index (χ2v) is 7.23. The van der Waals surface area contributed by atoms with Gasteiger partial charge in [-0.15, -0.1) is 0 Å². The Morgan fingerprint density at radius 3 is 1.12 bits per heavy atom. The first-order valence-corrected chi connectivity index (χ1v) is 9.68. The van der Waals surface area contributed by atoms with Crippen LogP contribution in [0.15, 0.2) is 72.8 Å². The van der Waals surface area contributed by atoms with Gasteiger partial charge in [0.2, 0.25) is 0 Å². The fourth-order valence-corrected chi connectivity index (χ4v) is 4.38. The third-order valence-corrected chi connectivity index (χ3v) is 5.60. The van der Waals surface area contributed by atoms with Crippen molar-refractivity contribution in [2.24, 2.45) is 0 Å². The fraction of sp³-hybridized carbons (Fsp3) is 0.200. The highest BCUT2D eigenvalue weighted by molar-refractivity contribution is 6.32. The lowest BCUT2D eigenvalue weighted by atomic mass is 9.90. The Labute approximate surface area is 154 Å². The van der Waals surface area contributed by atoms with Crippen molar-refractivity contribution in [3.8, 4) is 0 Å². The van der Waals surface area contributed by atoms with Gasteiger partial charge in [-0.2, -0.15) is 0 Å². The summed E-state index contributed by atoms with van der Waals surface area (Å²) in [5.74, 6) is 0. The summed E-state index contributed by atoms with van der Waals surface area (Å²) in [6.07, 6.45) is 4.22. The standard InChI is InChI=1S/C20H12.C5H11N/c1-5-13-6-2-11-17-18-12-4-8-14-7-3-10-16(20(14)18)15(9-1)19(13)17;1-2-4-6-5-3-1/h1-12H;6H,1-5H2. The van der Waals surface area contributed by atoms with Crippen LogP contribution in [-0.2, 0) is 0 Å². The first kappa shape index (κ1) is 15.6. The zero-order chi connectivity index (χ0) is 17.3. The number of rotatable bonds is 0. The van der Waals surface area contributed by atoms with Crippen LogP contribution < -0.4 is 5.32 Å².